The molecule has 0 atom stereocenters. The van der Waals surface area contributed by atoms with Crippen LogP contribution in [0, 0.1) is 13.8 Å². The van der Waals surface area contributed by atoms with Crippen molar-refractivity contribution >= 4 is 76.1 Å². The molecule has 1 nitrogen and oxygen atoms in total. The normalized spacial score (nSPS) is 11.6. The van der Waals surface area contributed by atoms with Gasteiger partial charge in [-0.25, -0.2) is 0 Å². The molecule has 0 unspecified atom stereocenters. The van der Waals surface area contributed by atoms with Crippen LogP contribution < -0.4 is 4.90 Å². The van der Waals surface area contributed by atoms with Crippen molar-refractivity contribution in [1.82, 2.24) is 0 Å². The molecule has 182 valence electrons. The Labute approximate surface area is 231 Å². The Balaban J connectivity index is 1.60. The molecule has 0 N–H and O–H groups in total. The van der Waals surface area contributed by atoms with Gasteiger partial charge in [-0.2, -0.15) is 0 Å². The van der Waals surface area contributed by atoms with Crippen molar-refractivity contribution in [3.05, 3.63) is 137 Å². The maximum absolute atomic E-state index is 3.62. The van der Waals surface area contributed by atoms with Gasteiger partial charge in [0, 0.05) is 21.2 Å². The monoisotopic (exact) mass is 551 g/mol. The van der Waals surface area contributed by atoms with E-state index in [2.05, 4.69) is 156 Å². The first-order valence-electron chi connectivity index (χ1n) is 13.0. The molecular formula is C36H26BrN. The van der Waals surface area contributed by atoms with E-state index in [1.807, 2.05) is 0 Å². The Morgan fingerprint density at radius 1 is 0.474 bits per heavy atom. The predicted molar refractivity (Wildman–Crippen MR) is 168 cm³/mol. The summed E-state index contributed by atoms with van der Waals surface area (Å²) in [5.74, 6) is 0. The minimum atomic E-state index is 1.09. The van der Waals surface area contributed by atoms with Gasteiger partial charge in [0.25, 0.3) is 0 Å². The highest BCUT2D eigenvalue weighted by Gasteiger charge is 2.19. The number of benzene rings is 7. The van der Waals surface area contributed by atoms with Crippen molar-refractivity contribution < 1.29 is 0 Å². The number of hydrogen-bond acceptors (Lipinski definition) is 1. The molecule has 0 bridgehead atoms. The lowest BCUT2D eigenvalue weighted by molar-refractivity contribution is 1.30. The molecular weight excluding hydrogens is 526 g/mol. The molecule has 0 saturated heterocycles. The summed E-state index contributed by atoms with van der Waals surface area (Å²) >= 11 is 3.62. The number of halogens is 1. The van der Waals surface area contributed by atoms with E-state index in [9.17, 15) is 0 Å². The maximum atomic E-state index is 3.62. The minimum Gasteiger partial charge on any atom is -0.310 e. The SMILES string of the molecule is Cc1ccc(N(c2ccc3cc(Br)ccc3c2)c2cc3c4ccccc4c(C)cc3c3ccccc23)cc1. The molecule has 7 aromatic rings. The van der Waals surface area contributed by atoms with Crippen LogP contribution in [-0.2, 0) is 0 Å². The molecule has 38 heavy (non-hydrogen) atoms. The first-order chi connectivity index (χ1) is 18.6. The maximum Gasteiger partial charge on any atom is 0.0546 e. The zero-order valence-electron chi connectivity index (χ0n) is 21.4. The summed E-state index contributed by atoms with van der Waals surface area (Å²) in [5, 5.41) is 10.1. The fourth-order valence-electron chi connectivity index (χ4n) is 5.76. The van der Waals surface area contributed by atoms with E-state index in [-0.39, 0.29) is 0 Å². The molecule has 7 aromatic carbocycles. The average Bonchev–Trinajstić information content (AvgIpc) is 2.95. The predicted octanol–water partition coefficient (Wildman–Crippen LogP) is 11.1. The molecule has 0 aromatic heterocycles. The number of nitrogens with zero attached hydrogens (tertiary/aromatic N) is 1. The Bertz CT molecular complexity index is 2000. The minimum absolute atomic E-state index is 1.09. The van der Waals surface area contributed by atoms with Crippen molar-refractivity contribution in [3.63, 3.8) is 0 Å². The number of fused-ring (bicyclic) bond motifs is 6. The second kappa shape index (κ2) is 9.01. The largest absolute Gasteiger partial charge is 0.310 e. The molecule has 0 spiro atoms. The molecule has 0 saturated carbocycles. The average molecular weight is 553 g/mol. The van der Waals surface area contributed by atoms with Gasteiger partial charge < -0.3 is 4.90 Å². The van der Waals surface area contributed by atoms with Crippen LogP contribution in [-0.4, -0.2) is 0 Å². The second-order valence-electron chi connectivity index (χ2n) is 10.1. The lowest BCUT2D eigenvalue weighted by Gasteiger charge is -2.28. The first kappa shape index (κ1) is 23.0. The van der Waals surface area contributed by atoms with Crippen molar-refractivity contribution in [1.29, 1.82) is 0 Å². The van der Waals surface area contributed by atoms with Crippen molar-refractivity contribution in [2.24, 2.45) is 0 Å². The Kier molecular flexibility index (Phi) is 5.45. The standard InChI is InChI=1S/C36H26BrN/c1-23-11-16-28(17-12-23)38(29-18-14-25-20-27(37)15-13-26(25)21-29)36-22-35-31-8-4-3-7-30(31)24(2)19-34(35)32-9-5-6-10-33(32)36/h3-22H,1-2H3. The zero-order valence-corrected chi connectivity index (χ0v) is 23.0. The molecule has 0 amide bonds. The summed E-state index contributed by atoms with van der Waals surface area (Å²) in [6.45, 7) is 4.36. The lowest BCUT2D eigenvalue weighted by atomic mass is 9.92. The lowest BCUT2D eigenvalue weighted by Crippen LogP contribution is -2.10. The number of rotatable bonds is 3. The van der Waals surface area contributed by atoms with E-state index in [1.54, 1.807) is 0 Å². The van der Waals surface area contributed by atoms with Gasteiger partial charge in [0.1, 0.15) is 0 Å². The molecule has 0 aliphatic rings. The second-order valence-corrected chi connectivity index (χ2v) is 11.0. The molecule has 0 fully saturated rings. The zero-order chi connectivity index (χ0) is 25.8. The molecule has 0 radical (unpaired) electrons. The third kappa shape index (κ3) is 3.76. The highest BCUT2D eigenvalue weighted by molar-refractivity contribution is 9.10. The van der Waals surface area contributed by atoms with Crippen molar-refractivity contribution in [2.75, 3.05) is 4.90 Å². The van der Waals surface area contributed by atoms with E-state index >= 15 is 0 Å². The smallest absolute Gasteiger partial charge is 0.0546 e. The molecule has 0 aliphatic carbocycles. The van der Waals surface area contributed by atoms with Crippen LogP contribution in [0.1, 0.15) is 11.1 Å². The fraction of sp³-hybridized carbons (Fsp3) is 0.0556. The molecule has 0 heterocycles. The molecule has 7 rings (SSSR count). The van der Waals surface area contributed by atoms with E-state index < -0.39 is 0 Å². The summed E-state index contributed by atoms with van der Waals surface area (Å²) in [6, 6.07) is 44.4. The third-order valence-electron chi connectivity index (χ3n) is 7.64. The summed E-state index contributed by atoms with van der Waals surface area (Å²) in [4.78, 5) is 2.41. The number of anilines is 3. The topological polar surface area (TPSA) is 3.24 Å². The Hall–Kier alpha value is -4.14. The Morgan fingerprint density at radius 2 is 1.05 bits per heavy atom. The fourth-order valence-corrected chi connectivity index (χ4v) is 6.14. The van der Waals surface area contributed by atoms with Gasteiger partial charge in [0.05, 0.1) is 5.69 Å². The Morgan fingerprint density at radius 3 is 1.82 bits per heavy atom. The summed E-state index contributed by atoms with van der Waals surface area (Å²) in [5.41, 5.74) is 6.03. The quantitative estimate of drug-likeness (QED) is 0.197. The molecule has 0 aliphatic heterocycles. The van der Waals surface area contributed by atoms with Crippen LogP contribution in [0.15, 0.2) is 126 Å². The van der Waals surface area contributed by atoms with Crippen LogP contribution in [0.3, 0.4) is 0 Å². The van der Waals surface area contributed by atoms with Gasteiger partial charge in [-0.15, -0.1) is 0 Å². The summed E-state index contributed by atoms with van der Waals surface area (Å²) in [6.07, 6.45) is 0. The van der Waals surface area contributed by atoms with Gasteiger partial charge in [0.15, 0.2) is 0 Å². The van der Waals surface area contributed by atoms with E-state index in [4.69, 9.17) is 0 Å². The van der Waals surface area contributed by atoms with Gasteiger partial charge in [-0.3, -0.25) is 0 Å². The van der Waals surface area contributed by atoms with E-state index in [0.717, 1.165) is 15.8 Å². The summed E-state index contributed by atoms with van der Waals surface area (Å²) < 4.78 is 1.09. The van der Waals surface area contributed by atoms with Crippen molar-refractivity contribution in [2.45, 2.75) is 13.8 Å². The number of hydrogen-bond donors (Lipinski definition) is 0. The van der Waals surface area contributed by atoms with E-state index in [1.165, 1.54) is 59.9 Å². The highest BCUT2D eigenvalue weighted by atomic mass is 79.9. The first-order valence-corrected chi connectivity index (χ1v) is 13.8. The van der Waals surface area contributed by atoms with Gasteiger partial charge in [-0.05, 0) is 99.6 Å². The van der Waals surface area contributed by atoms with Gasteiger partial charge in [0.2, 0.25) is 0 Å². The van der Waals surface area contributed by atoms with Gasteiger partial charge in [-0.1, -0.05) is 100 Å². The third-order valence-corrected chi connectivity index (χ3v) is 8.14. The van der Waals surface area contributed by atoms with Crippen LogP contribution >= 0.6 is 15.9 Å². The van der Waals surface area contributed by atoms with Crippen LogP contribution in [0.2, 0.25) is 0 Å². The summed E-state index contributed by atoms with van der Waals surface area (Å²) in [7, 11) is 0. The van der Waals surface area contributed by atoms with Crippen LogP contribution in [0.4, 0.5) is 17.1 Å². The van der Waals surface area contributed by atoms with Crippen LogP contribution in [0.5, 0.6) is 0 Å². The van der Waals surface area contributed by atoms with Crippen LogP contribution in [0.25, 0.3) is 43.1 Å². The van der Waals surface area contributed by atoms with Crippen molar-refractivity contribution in [3.8, 4) is 0 Å². The number of aryl methyl sites for hydroxylation is 2. The van der Waals surface area contributed by atoms with E-state index in [0.29, 0.717) is 0 Å². The highest BCUT2D eigenvalue weighted by Crippen LogP contribution is 2.44. The molecule has 2 heteroatoms. The van der Waals surface area contributed by atoms with Gasteiger partial charge >= 0.3 is 0 Å².